The standard InChI is InChI=1S/C23H24O4/c1-22(27)13-18-9-7-16-11-17(21(25)26)8-10-19(16)23(18,14-20(22)24)12-15-5-3-2-4-6-15/h2-6,8,10-11,18,27H,7,9,12-14H2,1H3,(H,25,26)/t18-,22+,23-/m1/s1. The minimum Gasteiger partial charge on any atom is -0.478 e. The number of fused-ring (bicyclic) bond motifs is 3. The Hall–Kier alpha value is -2.46. The lowest BCUT2D eigenvalue weighted by molar-refractivity contribution is -0.146. The number of hydrogen-bond acceptors (Lipinski definition) is 3. The fourth-order valence-corrected chi connectivity index (χ4v) is 5.11. The average molecular weight is 364 g/mol. The number of benzene rings is 2. The molecule has 4 heteroatoms. The fourth-order valence-electron chi connectivity index (χ4n) is 5.11. The minimum atomic E-state index is -1.27. The first-order chi connectivity index (χ1) is 12.8. The first kappa shape index (κ1) is 17.9. The van der Waals surface area contributed by atoms with Gasteiger partial charge in [0.05, 0.1) is 5.56 Å². The van der Waals surface area contributed by atoms with E-state index in [9.17, 15) is 19.8 Å². The summed E-state index contributed by atoms with van der Waals surface area (Å²) in [5, 5.41) is 19.9. The quantitative estimate of drug-likeness (QED) is 0.874. The molecule has 0 amide bonds. The molecule has 2 aliphatic carbocycles. The van der Waals surface area contributed by atoms with Gasteiger partial charge in [0.1, 0.15) is 5.60 Å². The van der Waals surface area contributed by atoms with Crippen LogP contribution >= 0.6 is 0 Å². The molecule has 4 rings (SSSR count). The molecule has 1 fully saturated rings. The van der Waals surface area contributed by atoms with E-state index >= 15 is 0 Å². The third kappa shape index (κ3) is 2.98. The Labute approximate surface area is 158 Å². The van der Waals surface area contributed by atoms with E-state index in [-0.39, 0.29) is 22.7 Å². The highest BCUT2D eigenvalue weighted by atomic mass is 16.4. The first-order valence-electron chi connectivity index (χ1n) is 9.48. The summed E-state index contributed by atoms with van der Waals surface area (Å²) in [5.74, 6) is -0.863. The van der Waals surface area contributed by atoms with Crippen molar-refractivity contribution in [2.45, 2.75) is 50.0 Å². The van der Waals surface area contributed by atoms with Crippen molar-refractivity contribution in [3.8, 4) is 0 Å². The molecule has 140 valence electrons. The first-order valence-corrected chi connectivity index (χ1v) is 9.48. The zero-order valence-corrected chi connectivity index (χ0v) is 15.4. The Balaban J connectivity index is 1.85. The molecule has 0 spiro atoms. The van der Waals surface area contributed by atoms with Crippen molar-refractivity contribution in [1.82, 2.24) is 0 Å². The van der Waals surface area contributed by atoms with Crippen LogP contribution < -0.4 is 0 Å². The van der Waals surface area contributed by atoms with E-state index in [0.29, 0.717) is 12.8 Å². The second-order valence-corrected chi connectivity index (χ2v) is 8.31. The Bertz CT molecular complexity index is 900. The number of ketones is 1. The molecule has 0 aromatic heterocycles. The van der Waals surface area contributed by atoms with E-state index in [0.717, 1.165) is 36.0 Å². The van der Waals surface area contributed by atoms with E-state index < -0.39 is 11.6 Å². The Morgan fingerprint density at radius 1 is 1.19 bits per heavy atom. The lowest BCUT2D eigenvalue weighted by Crippen LogP contribution is -2.55. The van der Waals surface area contributed by atoms with Crippen molar-refractivity contribution in [2.75, 3.05) is 0 Å². The van der Waals surface area contributed by atoms with E-state index in [4.69, 9.17) is 0 Å². The zero-order valence-electron chi connectivity index (χ0n) is 15.4. The van der Waals surface area contributed by atoms with Gasteiger partial charge < -0.3 is 10.2 Å². The number of carbonyl (C=O) groups excluding carboxylic acids is 1. The third-order valence-corrected chi connectivity index (χ3v) is 6.52. The van der Waals surface area contributed by atoms with Crippen LogP contribution in [-0.2, 0) is 23.1 Å². The summed E-state index contributed by atoms with van der Waals surface area (Å²) in [5.41, 5.74) is 1.89. The van der Waals surface area contributed by atoms with Crippen LogP contribution in [0.15, 0.2) is 48.5 Å². The number of carboxylic acid groups (broad SMARTS) is 1. The van der Waals surface area contributed by atoms with Crippen LogP contribution in [0.3, 0.4) is 0 Å². The number of aryl methyl sites for hydroxylation is 1. The highest BCUT2D eigenvalue weighted by molar-refractivity contribution is 5.90. The molecule has 0 saturated heterocycles. The number of carboxylic acids is 1. The van der Waals surface area contributed by atoms with Crippen LogP contribution in [-0.4, -0.2) is 27.6 Å². The highest BCUT2D eigenvalue weighted by Gasteiger charge is 2.54. The molecule has 2 aromatic rings. The molecule has 0 unspecified atom stereocenters. The van der Waals surface area contributed by atoms with Crippen LogP contribution in [0, 0.1) is 5.92 Å². The van der Waals surface area contributed by atoms with Gasteiger partial charge in [-0.2, -0.15) is 0 Å². The number of Topliss-reactive ketones (excluding diaryl/α,β-unsaturated/α-hetero) is 1. The normalized spacial score (nSPS) is 29.7. The second-order valence-electron chi connectivity index (χ2n) is 8.31. The maximum atomic E-state index is 12.8. The smallest absolute Gasteiger partial charge is 0.335 e. The molecule has 2 N–H and O–H groups in total. The summed E-state index contributed by atoms with van der Waals surface area (Å²) in [6.07, 6.45) is 3.10. The van der Waals surface area contributed by atoms with Gasteiger partial charge in [-0.1, -0.05) is 36.4 Å². The molecule has 0 heterocycles. The Morgan fingerprint density at radius 2 is 1.93 bits per heavy atom. The molecule has 1 saturated carbocycles. The zero-order chi connectivity index (χ0) is 19.2. The van der Waals surface area contributed by atoms with Gasteiger partial charge >= 0.3 is 5.97 Å². The lowest BCUT2D eigenvalue weighted by Gasteiger charge is -2.51. The highest BCUT2D eigenvalue weighted by Crippen LogP contribution is 2.53. The van der Waals surface area contributed by atoms with E-state index in [1.807, 2.05) is 24.3 Å². The van der Waals surface area contributed by atoms with E-state index in [2.05, 4.69) is 12.1 Å². The molecule has 2 aromatic carbocycles. The summed E-state index contributed by atoms with van der Waals surface area (Å²) in [6, 6.07) is 15.4. The van der Waals surface area contributed by atoms with Gasteiger partial charge in [0, 0.05) is 11.8 Å². The van der Waals surface area contributed by atoms with Gasteiger partial charge in [-0.3, -0.25) is 4.79 Å². The van der Waals surface area contributed by atoms with Crippen LogP contribution in [0.25, 0.3) is 0 Å². The van der Waals surface area contributed by atoms with Crippen LogP contribution in [0.1, 0.15) is 53.2 Å². The van der Waals surface area contributed by atoms with E-state index in [1.165, 1.54) is 0 Å². The molecular weight excluding hydrogens is 340 g/mol. The van der Waals surface area contributed by atoms with Crippen molar-refractivity contribution in [3.63, 3.8) is 0 Å². The summed E-state index contributed by atoms with van der Waals surface area (Å²) in [6.45, 7) is 1.63. The molecule has 27 heavy (non-hydrogen) atoms. The Morgan fingerprint density at radius 3 is 2.63 bits per heavy atom. The minimum absolute atomic E-state index is 0.121. The topological polar surface area (TPSA) is 74.6 Å². The summed E-state index contributed by atoms with van der Waals surface area (Å²) in [4.78, 5) is 24.2. The number of hydrogen-bond donors (Lipinski definition) is 2. The Kier molecular flexibility index (Phi) is 4.19. The van der Waals surface area contributed by atoms with Gasteiger partial charge in [0.15, 0.2) is 5.78 Å². The largest absolute Gasteiger partial charge is 0.478 e. The molecule has 4 nitrogen and oxygen atoms in total. The predicted molar refractivity (Wildman–Crippen MR) is 102 cm³/mol. The van der Waals surface area contributed by atoms with Crippen LogP contribution in [0.2, 0.25) is 0 Å². The van der Waals surface area contributed by atoms with E-state index in [1.54, 1.807) is 19.1 Å². The average Bonchev–Trinajstić information content (AvgIpc) is 2.63. The van der Waals surface area contributed by atoms with Gasteiger partial charge in [-0.05, 0) is 67.3 Å². The number of carbonyl (C=O) groups is 2. The maximum Gasteiger partial charge on any atom is 0.335 e. The van der Waals surface area contributed by atoms with Crippen LogP contribution in [0.4, 0.5) is 0 Å². The van der Waals surface area contributed by atoms with Crippen molar-refractivity contribution in [1.29, 1.82) is 0 Å². The van der Waals surface area contributed by atoms with Crippen molar-refractivity contribution in [2.24, 2.45) is 5.92 Å². The van der Waals surface area contributed by atoms with Gasteiger partial charge in [-0.25, -0.2) is 4.79 Å². The molecule has 0 radical (unpaired) electrons. The van der Waals surface area contributed by atoms with Crippen molar-refractivity contribution in [3.05, 3.63) is 70.8 Å². The van der Waals surface area contributed by atoms with Crippen molar-refractivity contribution >= 4 is 11.8 Å². The fraction of sp³-hybridized carbons (Fsp3) is 0.391. The summed E-state index contributed by atoms with van der Waals surface area (Å²) >= 11 is 0. The second kappa shape index (κ2) is 6.31. The molecule has 0 aliphatic heterocycles. The van der Waals surface area contributed by atoms with Gasteiger partial charge in [0.2, 0.25) is 0 Å². The summed E-state index contributed by atoms with van der Waals surface area (Å²) < 4.78 is 0. The third-order valence-electron chi connectivity index (χ3n) is 6.52. The number of aromatic carboxylic acids is 1. The SMILES string of the molecule is C[C@]1(O)C[C@H]2CCc3cc(C(=O)O)ccc3[C@]2(Cc2ccccc2)CC1=O. The lowest BCUT2D eigenvalue weighted by atomic mass is 9.52. The molecular formula is C23H24O4. The van der Waals surface area contributed by atoms with Crippen LogP contribution in [0.5, 0.6) is 0 Å². The van der Waals surface area contributed by atoms with Crippen molar-refractivity contribution < 1.29 is 19.8 Å². The van der Waals surface area contributed by atoms with Gasteiger partial charge in [-0.15, -0.1) is 0 Å². The van der Waals surface area contributed by atoms with Gasteiger partial charge in [0.25, 0.3) is 0 Å². The molecule has 3 atom stereocenters. The monoisotopic (exact) mass is 364 g/mol. The number of rotatable bonds is 3. The predicted octanol–water partition coefficient (Wildman–Crippen LogP) is 3.54. The maximum absolute atomic E-state index is 12.8. The number of aliphatic hydroxyl groups is 1. The molecule has 2 aliphatic rings. The summed E-state index contributed by atoms with van der Waals surface area (Å²) in [7, 11) is 0. The molecule has 0 bridgehead atoms.